The minimum atomic E-state index is -2.88. The highest BCUT2D eigenvalue weighted by molar-refractivity contribution is 14.0. The molecule has 2 aromatic rings. The van der Waals surface area contributed by atoms with Crippen molar-refractivity contribution in [1.29, 1.82) is 0 Å². The highest BCUT2D eigenvalue weighted by atomic mass is 127. The first kappa shape index (κ1) is 25.3. The van der Waals surface area contributed by atoms with Crippen LogP contribution in [-0.2, 0) is 6.42 Å². The average Bonchev–Trinajstić information content (AvgIpc) is 2.67. The highest BCUT2D eigenvalue weighted by Crippen LogP contribution is 2.19. The zero-order chi connectivity index (χ0) is 20.4. The van der Waals surface area contributed by atoms with E-state index in [1.807, 2.05) is 13.0 Å². The van der Waals surface area contributed by atoms with Crippen molar-refractivity contribution in [2.24, 2.45) is 4.99 Å². The topological polar surface area (TPSA) is 78.8 Å². The van der Waals surface area contributed by atoms with Gasteiger partial charge in [0.15, 0.2) is 5.96 Å². The first-order valence-corrected chi connectivity index (χ1v) is 9.21. The second-order valence-corrected chi connectivity index (χ2v) is 6.24. The van der Waals surface area contributed by atoms with Crippen LogP contribution in [0.4, 0.5) is 8.78 Å². The molecule has 0 amide bonds. The van der Waals surface area contributed by atoms with Crippen molar-refractivity contribution < 1.29 is 18.6 Å². The molecule has 0 bridgehead atoms. The van der Waals surface area contributed by atoms with E-state index in [4.69, 9.17) is 11.6 Å². The molecule has 1 heterocycles. The molecule has 3 N–H and O–H groups in total. The number of nitrogens with zero attached hydrogens (tertiary/aromatic N) is 2. The number of aromatic nitrogens is 1. The van der Waals surface area contributed by atoms with Crippen LogP contribution in [0, 0.1) is 0 Å². The summed E-state index contributed by atoms with van der Waals surface area (Å²) in [5.41, 5.74) is 1.60. The number of aliphatic hydroxyl groups excluding tert-OH is 1. The molecular formula is C19H24ClF2IN4O2. The van der Waals surface area contributed by atoms with Crippen molar-refractivity contribution in [3.05, 3.63) is 58.9 Å². The first-order chi connectivity index (χ1) is 13.5. The third-order valence-corrected chi connectivity index (χ3v) is 3.97. The Kier molecular flexibility index (Phi) is 11.8. The highest BCUT2D eigenvalue weighted by Gasteiger charge is 2.09. The van der Waals surface area contributed by atoms with Crippen LogP contribution < -0.4 is 15.4 Å². The number of aliphatic hydroxyl groups is 1. The third-order valence-electron chi connectivity index (χ3n) is 3.75. The van der Waals surface area contributed by atoms with Gasteiger partial charge in [-0.3, -0.25) is 4.99 Å². The maximum Gasteiger partial charge on any atom is 0.387 e. The summed E-state index contributed by atoms with van der Waals surface area (Å²) in [6.07, 6.45) is 1.60. The van der Waals surface area contributed by atoms with Gasteiger partial charge in [-0.25, -0.2) is 4.98 Å². The molecule has 0 spiro atoms. The first-order valence-electron chi connectivity index (χ1n) is 8.83. The molecule has 1 aromatic carbocycles. The van der Waals surface area contributed by atoms with Gasteiger partial charge in [-0.05, 0) is 42.7 Å². The van der Waals surface area contributed by atoms with Gasteiger partial charge in [0.1, 0.15) is 10.9 Å². The van der Waals surface area contributed by atoms with E-state index in [2.05, 4.69) is 25.3 Å². The van der Waals surface area contributed by atoms with Gasteiger partial charge in [0.2, 0.25) is 0 Å². The number of rotatable bonds is 9. The molecule has 6 nitrogen and oxygen atoms in total. The summed E-state index contributed by atoms with van der Waals surface area (Å²) >= 11 is 5.77. The van der Waals surface area contributed by atoms with Crippen molar-refractivity contribution in [1.82, 2.24) is 15.6 Å². The Morgan fingerprint density at radius 2 is 1.93 bits per heavy atom. The fourth-order valence-corrected chi connectivity index (χ4v) is 2.49. The van der Waals surface area contributed by atoms with Gasteiger partial charge >= 0.3 is 6.61 Å². The summed E-state index contributed by atoms with van der Waals surface area (Å²) < 4.78 is 28.6. The monoisotopic (exact) mass is 540 g/mol. The third kappa shape index (κ3) is 9.55. The standard InChI is InChI=1S/C19H23ClF2N4O2.HI/c1-2-23-19(24-10-9-13-3-8-17(20)25-11-13)26-12-16(27)14-4-6-15(7-5-14)28-18(21)22;/h3-8,11,16,18,27H,2,9-10,12H2,1H3,(H2,23,24,26);1H. The molecular weight excluding hydrogens is 517 g/mol. The zero-order valence-corrected chi connectivity index (χ0v) is 18.9. The van der Waals surface area contributed by atoms with Crippen LogP contribution in [0.5, 0.6) is 5.75 Å². The minimum Gasteiger partial charge on any atom is -0.435 e. The van der Waals surface area contributed by atoms with Gasteiger partial charge in [0, 0.05) is 19.3 Å². The zero-order valence-electron chi connectivity index (χ0n) is 15.8. The molecule has 0 saturated heterocycles. The van der Waals surface area contributed by atoms with E-state index in [-0.39, 0.29) is 36.3 Å². The minimum absolute atomic E-state index is 0. The van der Waals surface area contributed by atoms with Crippen molar-refractivity contribution in [2.45, 2.75) is 26.1 Å². The Morgan fingerprint density at radius 3 is 2.52 bits per heavy atom. The van der Waals surface area contributed by atoms with E-state index >= 15 is 0 Å². The lowest BCUT2D eigenvalue weighted by molar-refractivity contribution is -0.0498. The largest absolute Gasteiger partial charge is 0.435 e. The van der Waals surface area contributed by atoms with Crippen molar-refractivity contribution >= 4 is 41.5 Å². The molecule has 0 radical (unpaired) electrons. The number of ether oxygens (including phenoxy) is 1. The van der Waals surface area contributed by atoms with Crippen molar-refractivity contribution in [2.75, 3.05) is 19.6 Å². The molecule has 160 valence electrons. The molecule has 0 fully saturated rings. The van der Waals surface area contributed by atoms with E-state index in [1.54, 1.807) is 12.3 Å². The molecule has 1 atom stereocenters. The van der Waals surface area contributed by atoms with Crippen molar-refractivity contribution in [3.63, 3.8) is 0 Å². The molecule has 0 saturated carbocycles. The van der Waals surface area contributed by atoms with E-state index in [9.17, 15) is 13.9 Å². The summed E-state index contributed by atoms with van der Waals surface area (Å²) in [6.45, 7) is 0.484. The van der Waals surface area contributed by atoms with Crippen LogP contribution in [-0.4, -0.2) is 42.3 Å². The van der Waals surface area contributed by atoms with Crippen LogP contribution in [0.2, 0.25) is 5.15 Å². The van der Waals surface area contributed by atoms with E-state index in [1.165, 1.54) is 24.3 Å². The number of hydrogen-bond donors (Lipinski definition) is 3. The SMILES string of the molecule is CCNC(=NCC(O)c1ccc(OC(F)F)cc1)NCCc1ccc(Cl)nc1.I. The second-order valence-electron chi connectivity index (χ2n) is 5.85. The number of pyridine rings is 1. The van der Waals surface area contributed by atoms with Crippen LogP contribution in [0.25, 0.3) is 0 Å². The number of benzene rings is 1. The molecule has 0 aliphatic carbocycles. The summed E-state index contributed by atoms with van der Waals surface area (Å²) in [5.74, 6) is 0.613. The molecule has 2 rings (SSSR count). The second kappa shape index (κ2) is 13.5. The lowest BCUT2D eigenvalue weighted by Crippen LogP contribution is -2.38. The lowest BCUT2D eigenvalue weighted by Gasteiger charge is -2.14. The van der Waals surface area contributed by atoms with Gasteiger partial charge in [0.05, 0.1) is 12.6 Å². The van der Waals surface area contributed by atoms with Crippen LogP contribution >= 0.6 is 35.6 Å². The molecule has 0 aliphatic heterocycles. The quantitative estimate of drug-likeness (QED) is 0.195. The molecule has 29 heavy (non-hydrogen) atoms. The van der Waals surface area contributed by atoms with Crippen LogP contribution in [0.3, 0.4) is 0 Å². The van der Waals surface area contributed by atoms with E-state index in [0.29, 0.717) is 29.8 Å². The molecule has 1 unspecified atom stereocenters. The van der Waals surface area contributed by atoms with Crippen LogP contribution in [0.15, 0.2) is 47.6 Å². The number of nitrogens with one attached hydrogen (secondary N) is 2. The summed E-state index contributed by atoms with van der Waals surface area (Å²) in [6, 6.07) is 9.49. The van der Waals surface area contributed by atoms with Crippen LogP contribution in [0.1, 0.15) is 24.2 Å². The van der Waals surface area contributed by atoms with Gasteiger partial charge in [-0.1, -0.05) is 29.8 Å². The Balaban J connectivity index is 0.00000420. The Hall–Kier alpha value is -1.72. The predicted octanol–water partition coefficient (Wildman–Crippen LogP) is 3.79. The maximum absolute atomic E-state index is 12.2. The Morgan fingerprint density at radius 1 is 1.21 bits per heavy atom. The summed E-state index contributed by atoms with van der Waals surface area (Å²) in [5, 5.41) is 17.0. The van der Waals surface area contributed by atoms with Gasteiger partial charge in [-0.2, -0.15) is 8.78 Å². The predicted molar refractivity (Wildman–Crippen MR) is 120 cm³/mol. The number of aliphatic imine (C=N–C) groups is 1. The number of guanidine groups is 1. The van der Waals surface area contributed by atoms with Gasteiger partial charge < -0.3 is 20.5 Å². The fraction of sp³-hybridized carbons (Fsp3) is 0.368. The fourth-order valence-electron chi connectivity index (χ4n) is 2.38. The molecule has 0 aliphatic rings. The number of alkyl halides is 2. The maximum atomic E-state index is 12.2. The van der Waals surface area contributed by atoms with Gasteiger partial charge in [0.25, 0.3) is 0 Å². The summed E-state index contributed by atoms with van der Waals surface area (Å²) in [4.78, 5) is 8.40. The summed E-state index contributed by atoms with van der Waals surface area (Å²) in [7, 11) is 0. The molecule has 10 heteroatoms. The Bertz CT molecular complexity index is 749. The number of halogens is 4. The van der Waals surface area contributed by atoms with Gasteiger partial charge in [-0.15, -0.1) is 24.0 Å². The average molecular weight is 541 g/mol. The smallest absolute Gasteiger partial charge is 0.387 e. The molecule has 1 aromatic heterocycles. The number of hydrogen-bond acceptors (Lipinski definition) is 4. The van der Waals surface area contributed by atoms with E-state index in [0.717, 1.165) is 12.0 Å². The van der Waals surface area contributed by atoms with E-state index < -0.39 is 12.7 Å². The lowest BCUT2D eigenvalue weighted by atomic mass is 10.1. The van der Waals surface area contributed by atoms with Crippen molar-refractivity contribution in [3.8, 4) is 5.75 Å². The Labute approximate surface area is 190 Å². The normalized spacial score (nSPS) is 12.3.